The van der Waals surface area contributed by atoms with Gasteiger partial charge in [-0.1, -0.05) is 12.1 Å². The van der Waals surface area contributed by atoms with Crippen LogP contribution in [0.3, 0.4) is 0 Å². The maximum absolute atomic E-state index is 12.1. The van der Waals surface area contributed by atoms with Gasteiger partial charge in [0.15, 0.2) is 0 Å². The molecule has 1 amide bonds. The quantitative estimate of drug-likeness (QED) is 0.762. The van der Waals surface area contributed by atoms with E-state index in [-0.39, 0.29) is 5.91 Å². The van der Waals surface area contributed by atoms with Gasteiger partial charge in [0.25, 0.3) is 5.91 Å². The van der Waals surface area contributed by atoms with Crippen LogP contribution in [0.4, 0.5) is 5.95 Å². The molecule has 25 heavy (non-hydrogen) atoms. The van der Waals surface area contributed by atoms with Crippen LogP contribution in [-0.2, 0) is 7.05 Å². The molecule has 0 radical (unpaired) electrons. The van der Waals surface area contributed by atoms with Crippen molar-refractivity contribution in [2.24, 2.45) is 13.0 Å². The molecule has 0 spiro atoms. The van der Waals surface area contributed by atoms with Crippen molar-refractivity contribution in [3.05, 3.63) is 42.2 Å². The van der Waals surface area contributed by atoms with E-state index in [1.807, 2.05) is 31.3 Å². The Morgan fingerprint density at radius 3 is 2.84 bits per heavy atom. The van der Waals surface area contributed by atoms with E-state index in [1.54, 1.807) is 17.1 Å². The zero-order valence-electron chi connectivity index (χ0n) is 14.3. The molecule has 1 saturated heterocycles. The minimum atomic E-state index is -0.0483. The van der Waals surface area contributed by atoms with Gasteiger partial charge in [-0.15, -0.1) is 0 Å². The first kappa shape index (κ1) is 15.7. The smallest absolute Gasteiger partial charge is 0.254 e. The molecule has 7 nitrogen and oxygen atoms in total. The zero-order valence-corrected chi connectivity index (χ0v) is 14.3. The number of anilines is 1. The van der Waals surface area contributed by atoms with Gasteiger partial charge in [0, 0.05) is 32.9 Å². The van der Waals surface area contributed by atoms with Gasteiger partial charge in [-0.05, 0) is 30.9 Å². The summed E-state index contributed by atoms with van der Waals surface area (Å²) in [6.45, 7) is 2.61. The van der Waals surface area contributed by atoms with E-state index in [0.29, 0.717) is 18.0 Å². The maximum Gasteiger partial charge on any atom is 0.254 e. The molecule has 3 heterocycles. The molecule has 3 aromatic rings. The number of hydrogen-bond donors (Lipinski definition) is 2. The van der Waals surface area contributed by atoms with E-state index in [9.17, 15) is 4.79 Å². The van der Waals surface area contributed by atoms with Crippen molar-refractivity contribution < 1.29 is 4.79 Å². The highest BCUT2D eigenvalue weighted by Gasteiger charge is 2.22. The predicted octanol–water partition coefficient (Wildman–Crippen LogP) is 1.94. The largest absolute Gasteiger partial charge is 0.352 e. The molecule has 1 fully saturated rings. The lowest BCUT2D eigenvalue weighted by molar-refractivity contribution is 0.0945. The van der Waals surface area contributed by atoms with Crippen molar-refractivity contribution in [2.45, 2.75) is 12.8 Å². The van der Waals surface area contributed by atoms with Crippen LogP contribution in [0.25, 0.3) is 11.0 Å². The number of piperidine rings is 1. The number of hydrogen-bond acceptors (Lipinski definition) is 4. The van der Waals surface area contributed by atoms with Crippen LogP contribution in [0.2, 0.25) is 0 Å². The lowest BCUT2D eigenvalue weighted by Gasteiger charge is -2.31. The number of amides is 1. The van der Waals surface area contributed by atoms with E-state index < -0.39 is 0 Å². The highest BCUT2D eigenvalue weighted by molar-refractivity contribution is 5.93. The number of nitrogens with one attached hydrogen (secondary N) is 2. The Morgan fingerprint density at radius 1 is 1.32 bits per heavy atom. The molecule has 1 aliphatic rings. The number of aromatic amines is 1. The molecule has 130 valence electrons. The van der Waals surface area contributed by atoms with Gasteiger partial charge in [-0.2, -0.15) is 5.10 Å². The van der Waals surface area contributed by atoms with Gasteiger partial charge in [0.1, 0.15) is 0 Å². The first-order valence-electron chi connectivity index (χ1n) is 8.65. The van der Waals surface area contributed by atoms with Crippen LogP contribution in [0, 0.1) is 5.92 Å². The highest BCUT2D eigenvalue weighted by Crippen LogP contribution is 2.23. The number of carbonyl (C=O) groups is 1. The van der Waals surface area contributed by atoms with Gasteiger partial charge < -0.3 is 15.2 Å². The number of benzene rings is 1. The summed E-state index contributed by atoms with van der Waals surface area (Å²) in [5.74, 6) is 1.40. The molecule has 1 aliphatic heterocycles. The van der Waals surface area contributed by atoms with E-state index >= 15 is 0 Å². The Bertz CT molecular complexity index is 841. The molecular weight excluding hydrogens is 316 g/mol. The van der Waals surface area contributed by atoms with Crippen molar-refractivity contribution in [1.82, 2.24) is 25.1 Å². The Balaban J connectivity index is 1.30. The first-order valence-corrected chi connectivity index (χ1v) is 8.65. The molecule has 0 atom stereocenters. The van der Waals surface area contributed by atoms with E-state index in [0.717, 1.165) is 42.9 Å². The van der Waals surface area contributed by atoms with Gasteiger partial charge in [0.2, 0.25) is 5.95 Å². The minimum absolute atomic E-state index is 0.0483. The first-order chi connectivity index (χ1) is 12.2. The topological polar surface area (TPSA) is 78.8 Å². The molecule has 0 aliphatic carbocycles. The summed E-state index contributed by atoms with van der Waals surface area (Å²) >= 11 is 0. The lowest BCUT2D eigenvalue weighted by atomic mass is 9.97. The number of imidazole rings is 1. The van der Waals surface area contributed by atoms with E-state index in [4.69, 9.17) is 0 Å². The van der Waals surface area contributed by atoms with Gasteiger partial charge in [-0.25, -0.2) is 4.98 Å². The molecule has 4 rings (SSSR count). The molecule has 2 N–H and O–H groups in total. The van der Waals surface area contributed by atoms with E-state index in [2.05, 4.69) is 25.3 Å². The normalized spacial score (nSPS) is 15.6. The van der Waals surface area contributed by atoms with Gasteiger partial charge in [-0.3, -0.25) is 9.48 Å². The second-order valence-electron chi connectivity index (χ2n) is 6.62. The SMILES string of the molecule is Cn1cc(C(=O)NCC2CCN(c3nc4ccccc4[nH]3)CC2)cn1. The number of rotatable bonds is 4. The molecule has 0 saturated carbocycles. The summed E-state index contributed by atoms with van der Waals surface area (Å²) < 4.78 is 1.64. The number of fused-ring (bicyclic) bond motifs is 1. The average molecular weight is 338 g/mol. The summed E-state index contributed by atoms with van der Waals surface area (Å²) in [7, 11) is 1.81. The average Bonchev–Trinajstić information content (AvgIpc) is 3.26. The Kier molecular flexibility index (Phi) is 4.13. The molecule has 0 unspecified atom stereocenters. The minimum Gasteiger partial charge on any atom is -0.352 e. The second-order valence-corrected chi connectivity index (χ2v) is 6.62. The number of aromatic nitrogens is 4. The third-order valence-electron chi connectivity index (χ3n) is 4.81. The van der Waals surface area contributed by atoms with Gasteiger partial charge in [0.05, 0.1) is 22.8 Å². The zero-order chi connectivity index (χ0) is 17.2. The predicted molar refractivity (Wildman–Crippen MR) is 96.6 cm³/mol. The molecule has 7 heteroatoms. The van der Waals surface area contributed by atoms with Crippen LogP contribution in [0.15, 0.2) is 36.7 Å². The van der Waals surface area contributed by atoms with Crippen molar-refractivity contribution >= 4 is 22.9 Å². The fourth-order valence-electron chi connectivity index (χ4n) is 3.32. The van der Waals surface area contributed by atoms with Crippen LogP contribution < -0.4 is 10.2 Å². The van der Waals surface area contributed by atoms with Crippen LogP contribution in [0.5, 0.6) is 0 Å². The Labute approximate surface area is 146 Å². The highest BCUT2D eigenvalue weighted by atomic mass is 16.1. The van der Waals surface area contributed by atoms with Crippen LogP contribution >= 0.6 is 0 Å². The van der Waals surface area contributed by atoms with Crippen molar-refractivity contribution in [2.75, 3.05) is 24.5 Å². The summed E-state index contributed by atoms with van der Waals surface area (Å²) in [4.78, 5) is 22.4. The maximum atomic E-state index is 12.1. The fourth-order valence-corrected chi connectivity index (χ4v) is 3.32. The number of H-pyrrole nitrogens is 1. The third-order valence-corrected chi connectivity index (χ3v) is 4.81. The molecule has 0 bridgehead atoms. The monoisotopic (exact) mass is 338 g/mol. The van der Waals surface area contributed by atoms with Crippen molar-refractivity contribution in [1.29, 1.82) is 0 Å². The van der Waals surface area contributed by atoms with Crippen molar-refractivity contribution in [3.63, 3.8) is 0 Å². The summed E-state index contributed by atoms with van der Waals surface area (Å²) in [6.07, 6.45) is 5.42. The molecular formula is C18H22N6O. The second kappa shape index (κ2) is 6.58. The standard InChI is InChI=1S/C18H22N6O/c1-23-12-14(11-20-23)17(25)19-10-13-6-8-24(9-7-13)18-21-15-4-2-3-5-16(15)22-18/h2-5,11-13H,6-10H2,1H3,(H,19,25)(H,21,22). The summed E-state index contributed by atoms with van der Waals surface area (Å²) in [5, 5.41) is 7.06. The third kappa shape index (κ3) is 3.35. The molecule has 2 aromatic heterocycles. The lowest BCUT2D eigenvalue weighted by Crippen LogP contribution is -2.39. The Hall–Kier alpha value is -2.83. The summed E-state index contributed by atoms with van der Waals surface area (Å²) in [6, 6.07) is 8.09. The number of carbonyl (C=O) groups excluding carboxylic acids is 1. The van der Waals surface area contributed by atoms with Gasteiger partial charge >= 0.3 is 0 Å². The van der Waals surface area contributed by atoms with Crippen molar-refractivity contribution in [3.8, 4) is 0 Å². The number of para-hydroxylation sites is 2. The number of nitrogens with zero attached hydrogens (tertiary/aromatic N) is 4. The molecule has 1 aromatic carbocycles. The van der Waals surface area contributed by atoms with E-state index in [1.165, 1.54) is 0 Å². The Morgan fingerprint density at radius 2 is 2.12 bits per heavy atom. The van der Waals surface area contributed by atoms with Crippen LogP contribution in [-0.4, -0.2) is 45.3 Å². The van der Waals surface area contributed by atoms with Crippen LogP contribution in [0.1, 0.15) is 23.2 Å². The number of aryl methyl sites for hydroxylation is 1. The fraction of sp³-hybridized carbons (Fsp3) is 0.389. The summed E-state index contributed by atoms with van der Waals surface area (Å²) in [5.41, 5.74) is 2.69.